The fraction of sp³-hybridized carbons (Fsp3) is 0.217. The summed E-state index contributed by atoms with van der Waals surface area (Å²) in [6.45, 7) is 0. The van der Waals surface area contributed by atoms with Crippen LogP contribution in [0.4, 0.5) is 5.69 Å². The lowest BCUT2D eigenvalue weighted by Crippen LogP contribution is -2.38. The van der Waals surface area contributed by atoms with Crippen LogP contribution in [0.1, 0.15) is 30.7 Å². The number of hydrogen-bond donors (Lipinski definition) is 1. The summed E-state index contributed by atoms with van der Waals surface area (Å²) in [4.78, 5) is 16.1. The van der Waals surface area contributed by atoms with E-state index in [0.717, 1.165) is 39.2 Å². The van der Waals surface area contributed by atoms with Gasteiger partial charge in [-0.15, -0.1) is 11.8 Å². The van der Waals surface area contributed by atoms with Crippen molar-refractivity contribution in [1.82, 2.24) is 0 Å². The quantitative estimate of drug-likeness (QED) is 0.607. The third-order valence-corrected chi connectivity index (χ3v) is 6.72. The number of rotatable bonds is 3. The molecule has 0 bridgehead atoms. The van der Waals surface area contributed by atoms with E-state index in [1.807, 2.05) is 59.7 Å². The number of halogens is 1. The van der Waals surface area contributed by atoms with Gasteiger partial charge in [0.15, 0.2) is 5.78 Å². The maximum Gasteiger partial charge on any atom is 0.161 e. The molecule has 0 fully saturated rings. The second-order valence-corrected chi connectivity index (χ2v) is 8.86. The minimum absolute atomic E-state index is 0.104. The summed E-state index contributed by atoms with van der Waals surface area (Å²) in [6, 6.07) is 18.1. The molecule has 2 N–H and O–H groups in total. The minimum atomic E-state index is -0.412. The second-order valence-electron chi connectivity index (χ2n) is 7.07. The number of hydrogen-bond acceptors (Lipinski definition) is 5. The Labute approximate surface area is 183 Å². The van der Waals surface area contributed by atoms with Crippen molar-refractivity contribution in [2.24, 2.45) is 5.73 Å². The number of thioether (sulfide) groups is 1. The van der Waals surface area contributed by atoms with E-state index in [0.29, 0.717) is 23.4 Å². The molecule has 1 atom stereocenters. The molecule has 29 heavy (non-hydrogen) atoms. The molecular weight excluding hydrogens is 446 g/mol. The van der Waals surface area contributed by atoms with Crippen LogP contribution in [0.25, 0.3) is 0 Å². The van der Waals surface area contributed by atoms with Crippen LogP contribution in [0, 0.1) is 11.3 Å². The molecule has 1 heterocycles. The van der Waals surface area contributed by atoms with Gasteiger partial charge in [-0.25, -0.2) is 0 Å². The van der Waals surface area contributed by atoms with E-state index in [9.17, 15) is 10.1 Å². The van der Waals surface area contributed by atoms with Crippen LogP contribution >= 0.6 is 27.7 Å². The number of nitriles is 1. The lowest BCUT2D eigenvalue weighted by atomic mass is 9.75. The highest BCUT2D eigenvalue weighted by Crippen LogP contribution is 2.46. The Morgan fingerprint density at radius 1 is 1.14 bits per heavy atom. The Morgan fingerprint density at radius 2 is 1.83 bits per heavy atom. The van der Waals surface area contributed by atoms with E-state index in [4.69, 9.17) is 5.73 Å². The number of anilines is 1. The van der Waals surface area contributed by atoms with Gasteiger partial charge in [0.05, 0.1) is 17.6 Å². The van der Waals surface area contributed by atoms with Crippen LogP contribution in [-0.4, -0.2) is 12.0 Å². The Kier molecular flexibility index (Phi) is 5.53. The summed E-state index contributed by atoms with van der Waals surface area (Å²) in [5.74, 6) is 0.0974. The van der Waals surface area contributed by atoms with Gasteiger partial charge in [-0.2, -0.15) is 5.26 Å². The van der Waals surface area contributed by atoms with E-state index in [1.54, 1.807) is 11.8 Å². The standard InChI is InChI=1S/C23H20BrN3OS/c1-29-17-11-5-14(6-12-17)21-18(13-25)23(26)27(16-9-7-15(24)8-10-16)19-3-2-4-20(28)22(19)21/h5-12,21H,2-4,26H2,1H3. The minimum Gasteiger partial charge on any atom is -0.384 e. The Bertz CT molecular complexity index is 1060. The lowest BCUT2D eigenvalue weighted by Gasteiger charge is -2.39. The van der Waals surface area contributed by atoms with Crippen LogP contribution in [0.3, 0.4) is 0 Å². The van der Waals surface area contributed by atoms with Crippen LogP contribution in [-0.2, 0) is 4.79 Å². The zero-order valence-electron chi connectivity index (χ0n) is 16.0. The highest BCUT2D eigenvalue weighted by Gasteiger charge is 2.40. The molecule has 1 unspecified atom stereocenters. The maximum absolute atomic E-state index is 13.1. The van der Waals surface area contributed by atoms with Gasteiger partial charge in [0, 0.05) is 32.7 Å². The van der Waals surface area contributed by atoms with E-state index >= 15 is 0 Å². The van der Waals surface area contributed by atoms with Gasteiger partial charge in [-0.3, -0.25) is 9.69 Å². The Hall–Kier alpha value is -2.49. The molecule has 0 saturated carbocycles. The third-order valence-electron chi connectivity index (χ3n) is 5.45. The number of nitrogens with zero attached hydrogens (tertiary/aromatic N) is 2. The lowest BCUT2D eigenvalue weighted by molar-refractivity contribution is -0.116. The van der Waals surface area contributed by atoms with E-state index < -0.39 is 5.92 Å². The molecule has 2 aromatic rings. The zero-order chi connectivity index (χ0) is 20.5. The topological polar surface area (TPSA) is 70.1 Å². The van der Waals surface area contributed by atoms with Crippen LogP contribution in [0.2, 0.25) is 0 Å². The molecule has 0 radical (unpaired) electrons. The van der Waals surface area contributed by atoms with Gasteiger partial charge in [0.25, 0.3) is 0 Å². The summed E-state index contributed by atoms with van der Waals surface area (Å²) in [7, 11) is 0. The predicted octanol–water partition coefficient (Wildman–Crippen LogP) is 5.48. The van der Waals surface area contributed by atoms with Crippen molar-refractivity contribution in [1.29, 1.82) is 5.26 Å². The van der Waals surface area contributed by atoms with Crippen LogP contribution < -0.4 is 10.6 Å². The van der Waals surface area contributed by atoms with E-state index in [-0.39, 0.29) is 5.78 Å². The van der Waals surface area contributed by atoms with Gasteiger partial charge >= 0.3 is 0 Å². The van der Waals surface area contributed by atoms with Gasteiger partial charge in [0.2, 0.25) is 0 Å². The first-order valence-corrected chi connectivity index (χ1v) is 11.4. The Morgan fingerprint density at radius 3 is 2.45 bits per heavy atom. The molecule has 1 aliphatic carbocycles. The fourth-order valence-electron chi connectivity index (χ4n) is 4.10. The van der Waals surface area contributed by atoms with Crippen molar-refractivity contribution in [2.45, 2.75) is 30.1 Å². The highest BCUT2D eigenvalue weighted by molar-refractivity contribution is 9.10. The van der Waals surface area contributed by atoms with Gasteiger partial charge < -0.3 is 5.73 Å². The Balaban J connectivity index is 1.92. The zero-order valence-corrected chi connectivity index (χ0v) is 18.4. The maximum atomic E-state index is 13.1. The number of nitrogens with two attached hydrogens (primary N) is 1. The average Bonchev–Trinajstić information content (AvgIpc) is 2.74. The largest absolute Gasteiger partial charge is 0.384 e. The average molecular weight is 466 g/mol. The fourth-order valence-corrected chi connectivity index (χ4v) is 4.77. The number of Topliss-reactive ketones (excluding diaryl/α,β-unsaturated/α-hetero) is 1. The first kappa shape index (κ1) is 19.8. The summed E-state index contributed by atoms with van der Waals surface area (Å²) in [6.07, 6.45) is 4.08. The first-order chi connectivity index (χ1) is 14.0. The molecule has 0 spiro atoms. The van der Waals surface area contributed by atoms with E-state index in [1.165, 1.54) is 0 Å². The molecule has 4 nitrogen and oxygen atoms in total. The van der Waals surface area contributed by atoms with Crippen molar-refractivity contribution in [3.8, 4) is 6.07 Å². The second kappa shape index (κ2) is 8.10. The molecule has 4 rings (SSSR count). The van der Waals surface area contributed by atoms with Gasteiger partial charge in [-0.1, -0.05) is 28.1 Å². The normalized spacial score (nSPS) is 19.3. The smallest absolute Gasteiger partial charge is 0.161 e. The molecule has 6 heteroatoms. The van der Waals surface area contributed by atoms with Crippen LogP contribution in [0.15, 0.2) is 80.6 Å². The van der Waals surface area contributed by atoms with Crippen molar-refractivity contribution < 1.29 is 4.79 Å². The molecule has 2 aliphatic rings. The number of carbonyl (C=O) groups excluding carboxylic acids is 1. The number of allylic oxidation sites excluding steroid dienone is 3. The number of benzene rings is 2. The summed E-state index contributed by atoms with van der Waals surface area (Å²) in [5.41, 5.74) is 10.4. The van der Waals surface area contributed by atoms with Crippen molar-refractivity contribution >= 4 is 39.2 Å². The van der Waals surface area contributed by atoms with E-state index in [2.05, 4.69) is 22.0 Å². The summed E-state index contributed by atoms with van der Waals surface area (Å²) < 4.78 is 0.960. The first-order valence-electron chi connectivity index (χ1n) is 9.40. The molecular formula is C23H20BrN3OS. The third kappa shape index (κ3) is 3.50. The highest BCUT2D eigenvalue weighted by atomic mass is 79.9. The molecule has 1 aliphatic heterocycles. The SMILES string of the molecule is CSc1ccc(C2C(C#N)=C(N)N(c3ccc(Br)cc3)C3=C2C(=O)CCC3)cc1. The predicted molar refractivity (Wildman–Crippen MR) is 120 cm³/mol. The summed E-state index contributed by atoms with van der Waals surface area (Å²) >= 11 is 5.12. The van der Waals surface area contributed by atoms with Crippen LogP contribution in [0.5, 0.6) is 0 Å². The van der Waals surface area contributed by atoms with Crippen molar-refractivity contribution in [2.75, 3.05) is 11.2 Å². The number of ketones is 1. The molecule has 0 amide bonds. The van der Waals surface area contributed by atoms with Crippen molar-refractivity contribution in [3.63, 3.8) is 0 Å². The molecule has 146 valence electrons. The molecule has 0 saturated heterocycles. The summed E-state index contributed by atoms with van der Waals surface area (Å²) in [5, 5.41) is 10.0. The van der Waals surface area contributed by atoms with Gasteiger partial charge in [-0.05, 0) is 61.1 Å². The van der Waals surface area contributed by atoms with Crippen molar-refractivity contribution in [3.05, 3.63) is 81.2 Å². The monoisotopic (exact) mass is 465 g/mol. The molecule has 2 aromatic carbocycles. The molecule has 0 aromatic heterocycles. The van der Waals surface area contributed by atoms with Gasteiger partial charge in [0.1, 0.15) is 5.82 Å². The number of carbonyl (C=O) groups is 1.